The summed E-state index contributed by atoms with van der Waals surface area (Å²) >= 11 is 0. The number of fused-ring (bicyclic) bond motifs is 1. The van der Waals surface area contributed by atoms with E-state index in [0.717, 1.165) is 24.1 Å². The summed E-state index contributed by atoms with van der Waals surface area (Å²) in [6.45, 7) is 4.58. The smallest absolute Gasteiger partial charge is 0.246 e. The lowest BCUT2D eigenvalue weighted by Gasteiger charge is -2.41. The number of nitrogens with zero attached hydrogens (tertiary/aromatic N) is 3. The number of carbonyl (C=O) groups excluding carboxylic acids is 2. The van der Waals surface area contributed by atoms with Gasteiger partial charge in [-0.1, -0.05) is 50.2 Å². The monoisotopic (exact) mass is 469 g/mol. The molecule has 0 unspecified atom stereocenters. The third-order valence-corrected chi connectivity index (χ3v) is 6.92. The van der Waals surface area contributed by atoms with E-state index in [1.165, 1.54) is 11.1 Å². The quantitative estimate of drug-likeness (QED) is 0.548. The van der Waals surface area contributed by atoms with E-state index in [-0.39, 0.29) is 17.7 Å². The molecule has 0 spiro atoms. The van der Waals surface area contributed by atoms with Gasteiger partial charge in [0, 0.05) is 24.6 Å². The average Bonchev–Trinajstić information content (AvgIpc) is 3.29. The molecule has 7 nitrogen and oxygen atoms in total. The minimum absolute atomic E-state index is 0.0230. The number of hydrogen-bond donors (Lipinski definition) is 2. The highest BCUT2D eigenvalue weighted by atomic mass is 16.2. The van der Waals surface area contributed by atoms with Gasteiger partial charge < -0.3 is 15.5 Å². The molecule has 1 aliphatic heterocycles. The molecule has 0 saturated carbocycles. The molecule has 2 amide bonds. The van der Waals surface area contributed by atoms with E-state index in [2.05, 4.69) is 46.6 Å². The Bertz CT molecular complexity index is 1170. The zero-order valence-electron chi connectivity index (χ0n) is 20.1. The average molecular weight is 470 g/mol. The van der Waals surface area contributed by atoms with Crippen molar-refractivity contribution in [3.05, 3.63) is 83.8 Å². The van der Waals surface area contributed by atoms with Crippen LogP contribution in [0.5, 0.6) is 0 Å². The molecule has 2 heterocycles. The number of anilines is 2. The van der Waals surface area contributed by atoms with Gasteiger partial charge in [-0.05, 0) is 59.9 Å². The van der Waals surface area contributed by atoms with Crippen LogP contribution in [0.25, 0.3) is 0 Å². The topological polar surface area (TPSA) is 87.2 Å². The summed E-state index contributed by atoms with van der Waals surface area (Å²) in [6.07, 6.45) is 7.21. The second-order valence-corrected chi connectivity index (χ2v) is 9.95. The Morgan fingerprint density at radius 3 is 2.37 bits per heavy atom. The van der Waals surface area contributed by atoms with E-state index in [1.54, 1.807) is 23.5 Å². The maximum Gasteiger partial charge on any atom is 0.246 e. The number of amides is 2. The van der Waals surface area contributed by atoms with Crippen LogP contribution in [0.15, 0.2) is 67.1 Å². The molecule has 1 aliphatic carbocycles. The second kappa shape index (κ2) is 9.86. The van der Waals surface area contributed by atoms with Crippen LogP contribution in [-0.4, -0.2) is 38.8 Å². The number of nitrogens with one attached hydrogen (secondary N) is 2. The van der Waals surface area contributed by atoms with Gasteiger partial charge in [-0.2, -0.15) is 0 Å². The van der Waals surface area contributed by atoms with Crippen molar-refractivity contribution in [1.82, 2.24) is 20.2 Å². The lowest BCUT2D eigenvalue weighted by Crippen LogP contribution is -2.65. The maximum atomic E-state index is 13.8. The fraction of sp³-hybridized carbons (Fsp3) is 0.357. The summed E-state index contributed by atoms with van der Waals surface area (Å²) in [4.78, 5) is 37.2. The molecule has 3 aromatic rings. The first kappa shape index (κ1) is 23.0. The summed E-state index contributed by atoms with van der Waals surface area (Å²) in [5.74, 6) is 1.03. The number of benzene rings is 2. The second-order valence-electron chi connectivity index (χ2n) is 9.95. The van der Waals surface area contributed by atoms with Gasteiger partial charge in [0.25, 0.3) is 0 Å². The van der Waals surface area contributed by atoms with Gasteiger partial charge in [-0.3, -0.25) is 14.6 Å². The molecular weight excluding hydrogens is 438 g/mol. The third kappa shape index (κ3) is 5.04. The molecule has 2 N–H and O–H groups in total. The Balaban J connectivity index is 1.34. The fourth-order valence-electron chi connectivity index (χ4n) is 5.20. The predicted molar refractivity (Wildman–Crippen MR) is 135 cm³/mol. The molecule has 2 atom stereocenters. The molecule has 0 bridgehead atoms. The van der Waals surface area contributed by atoms with Crippen molar-refractivity contribution in [2.24, 2.45) is 11.8 Å². The summed E-state index contributed by atoms with van der Waals surface area (Å²) in [5, 5.41) is 6.32. The Labute approximate surface area is 206 Å². The minimum atomic E-state index is -0.490. The lowest BCUT2D eigenvalue weighted by molar-refractivity contribution is -0.152. The van der Waals surface area contributed by atoms with Crippen molar-refractivity contribution < 1.29 is 9.59 Å². The Hall–Kier alpha value is -3.74. The van der Waals surface area contributed by atoms with E-state index in [4.69, 9.17) is 0 Å². The van der Waals surface area contributed by atoms with Crippen molar-refractivity contribution >= 4 is 23.3 Å². The maximum absolute atomic E-state index is 13.8. The molecule has 1 fully saturated rings. The first-order chi connectivity index (χ1) is 17.0. The van der Waals surface area contributed by atoms with E-state index >= 15 is 0 Å². The van der Waals surface area contributed by atoms with Gasteiger partial charge in [-0.25, -0.2) is 4.98 Å². The Morgan fingerprint density at radius 1 is 1.03 bits per heavy atom. The van der Waals surface area contributed by atoms with Crippen LogP contribution in [0.2, 0.25) is 0 Å². The molecule has 0 radical (unpaired) electrons. The van der Waals surface area contributed by atoms with Crippen molar-refractivity contribution in [3.63, 3.8) is 0 Å². The zero-order chi connectivity index (χ0) is 24.4. The van der Waals surface area contributed by atoms with Crippen LogP contribution in [0.1, 0.15) is 37.0 Å². The first-order valence-electron chi connectivity index (χ1n) is 12.3. The number of carbonyl (C=O) groups is 2. The highest BCUT2D eigenvalue weighted by molar-refractivity contribution is 5.97. The number of hydrogen-bond acceptors (Lipinski definition) is 5. The predicted octanol–water partition coefficient (Wildman–Crippen LogP) is 3.88. The number of piperazine rings is 1. The first-order valence-corrected chi connectivity index (χ1v) is 12.3. The van der Waals surface area contributed by atoms with Gasteiger partial charge in [0.15, 0.2) is 0 Å². The van der Waals surface area contributed by atoms with Crippen molar-refractivity contribution in [1.29, 1.82) is 0 Å². The van der Waals surface area contributed by atoms with Crippen molar-refractivity contribution in [2.45, 2.75) is 51.7 Å². The van der Waals surface area contributed by atoms with E-state index in [0.29, 0.717) is 24.7 Å². The van der Waals surface area contributed by atoms with Crippen LogP contribution < -0.4 is 10.6 Å². The number of rotatable bonds is 7. The highest BCUT2D eigenvalue weighted by Gasteiger charge is 2.45. The van der Waals surface area contributed by atoms with Crippen molar-refractivity contribution in [3.8, 4) is 0 Å². The molecule has 2 aromatic carbocycles. The van der Waals surface area contributed by atoms with Crippen LogP contribution in [0.4, 0.5) is 11.5 Å². The van der Waals surface area contributed by atoms with Gasteiger partial charge in [0.05, 0.1) is 6.20 Å². The van der Waals surface area contributed by atoms with Crippen LogP contribution in [0.3, 0.4) is 0 Å². The molecule has 180 valence electrons. The Morgan fingerprint density at radius 2 is 1.74 bits per heavy atom. The van der Waals surface area contributed by atoms with Gasteiger partial charge in [0.1, 0.15) is 17.9 Å². The van der Waals surface area contributed by atoms with Gasteiger partial charge in [0.2, 0.25) is 11.8 Å². The fourth-order valence-corrected chi connectivity index (χ4v) is 5.20. The lowest BCUT2D eigenvalue weighted by atomic mass is 9.90. The van der Waals surface area contributed by atoms with E-state index in [1.807, 2.05) is 36.4 Å². The van der Waals surface area contributed by atoms with E-state index in [9.17, 15) is 9.59 Å². The largest absolute Gasteiger partial charge is 0.342 e. The molecule has 7 heteroatoms. The van der Waals surface area contributed by atoms with Crippen LogP contribution in [-0.2, 0) is 29.0 Å². The van der Waals surface area contributed by atoms with Crippen LogP contribution in [0, 0.1) is 11.8 Å². The minimum Gasteiger partial charge on any atom is -0.342 e. The highest BCUT2D eigenvalue weighted by Crippen LogP contribution is 2.32. The summed E-state index contributed by atoms with van der Waals surface area (Å²) in [6, 6.07) is 15.3. The number of aromatic nitrogens is 2. The summed E-state index contributed by atoms with van der Waals surface area (Å²) in [7, 11) is 0. The van der Waals surface area contributed by atoms with Crippen LogP contribution >= 0.6 is 0 Å². The third-order valence-electron chi connectivity index (χ3n) is 6.92. The normalized spacial score (nSPS) is 20.1. The molecule has 5 rings (SSSR count). The molecule has 35 heavy (non-hydrogen) atoms. The molecule has 2 aliphatic rings. The summed E-state index contributed by atoms with van der Waals surface area (Å²) < 4.78 is 0. The molecule has 1 aromatic heterocycles. The summed E-state index contributed by atoms with van der Waals surface area (Å²) in [5.41, 5.74) is 4.43. The zero-order valence-corrected chi connectivity index (χ0v) is 20.1. The SMILES string of the molecule is CC(C)C[C@@H]1C(=O)N[C@H](C2Cc3ccccc3C2)C(=O)N1Cc1ccc(Nc2cnccn2)cc1. The Kier molecular flexibility index (Phi) is 6.49. The molecular formula is C28H31N5O2. The van der Waals surface area contributed by atoms with Crippen molar-refractivity contribution in [2.75, 3.05) is 5.32 Å². The molecule has 1 saturated heterocycles. The van der Waals surface area contributed by atoms with Gasteiger partial charge in [-0.15, -0.1) is 0 Å². The van der Waals surface area contributed by atoms with Gasteiger partial charge >= 0.3 is 0 Å². The van der Waals surface area contributed by atoms with E-state index < -0.39 is 12.1 Å². The standard InChI is InChI=1S/C28H31N5O2/c1-18(2)13-24-27(34)32-26(22-14-20-5-3-4-6-21(20)15-22)28(35)33(24)17-19-7-9-23(10-8-19)31-25-16-29-11-12-30-25/h3-12,16,18,22,24,26H,13-15,17H2,1-2H3,(H,30,31)(H,32,34)/t24-,26-/m1/s1.